The van der Waals surface area contributed by atoms with Gasteiger partial charge in [0.15, 0.2) is 5.76 Å². The number of hydrogen-bond donors (Lipinski definition) is 1. The van der Waals surface area contributed by atoms with Crippen molar-refractivity contribution in [3.63, 3.8) is 0 Å². The molecule has 1 aromatic carbocycles. The van der Waals surface area contributed by atoms with Crippen LogP contribution < -0.4 is 0 Å². The van der Waals surface area contributed by atoms with Crippen LogP contribution in [0, 0.1) is 11.8 Å². The molecule has 7 heteroatoms. The summed E-state index contributed by atoms with van der Waals surface area (Å²) in [6, 6.07) is 8.66. The summed E-state index contributed by atoms with van der Waals surface area (Å²) >= 11 is 0. The first-order valence-electron chi connectivity index (χ1n) is 8.75. The van der Waals surface area contributed by atoms with E-state index in [0.29, 0.717) is 48.5 Å². The molecule has 0 aliphatic carbocycles. The lowest BCUT2D eigenvalue weighted by Gasteiger charge is -2.34. The maximum atomic E-state index is 13.6. The van der Waals surface area contributed by atoms with Crippen LogP contribution in [0.25, 0.3) is 22.6 Å². The van der Waals surface area contributed by atoms with Gasteiger partial charge in [-0.05, 0) is 50.2 Å². The Bertz CT molecular complexity index is 948. The first-order chi connectivity index (χ1) is 12.9. The number of piperidine rings is 1. The lowest BCUT2D eigenvalue weighted by atomic mass is 9.91. The second kappa shape index (κ2) is 6.83. The van der Waals surface area contributed by atoms with Gasteiger partial charge in [0.2, 0.25) is 11.8 Å². The van der Waals surface area contributed by atoms with Crippen LogP contribution in [-0.2, 0) is 5.60 Å². The summed E-state index contributed by atoms with van der Waals surface area (Å²) in [6.07, 6.45) is 2.31. The average Bonchev–Trinajstić information content (AvgIpc) is 3.11. The molecule has 1 aliphatic heterocycles. The van der Waals surface area contributed by atoms with Crippen LogP contribution in [0.15, 0.2) is 47.0 Å². The van der Waals surface area contributed by atoms with Gasteiger partial charge in [0.05, 0.1) is 0 Å². The molecule has 0 bridgehead atoms. The monoisotopic (exact) mass is 371 g/mol. The molecule has 2 aromatic heterocycles. The number of pyridine rings is 1. The van der Waals surface area contributed by atoms with Crippen molar-refractivity contribution in [2.45, 2.75) is 18.4 Å². The van der Waals surface area contributed by atoms with Crippen molar-refractivity contribution < 1.29 is 18.3 Å². The fourth-order valence-electron chi connectivity index (χ4n) is 3.26. The molecule has 27 heavy (non-hydrogen) atoms. The van der Waals surface area contributed by atoms with Gasteiger partial charge in [-0.25, -0.2) is 14.4 Å². The zero-order chi connectivity index (χ0) is 19.0. The fourth-order valence-corrected chi connectivity index (χ4v) is 3.26. The van der Waals surface area contributed by atoms with E-state index in [1.54, 1.807) is 18.2 Å². The molecule has 1 fully saturated rings. The van der Waals surface area contributed by atoms with Crippen molar-refractivity contribution in [3.05, 3.63) is 60.3 Å². The lowest BCUT2D eigenvalue weighted by Crippen LogP contribution is -2.40. The van der Waals surface area contributed by atoms with E-state index in [2.05, 4.69) is 14.9 Å². The highest BCUT2D eigenvalue weighted by Crippen LogP contribution is 2.39. The summed E-state index contributed by atoms with van der Waals surface area (Å²) in [5.74, 6) is -0.492. The SMILES string of the molecule is CN1CCC(O)(c2nc(-c3ccc(F)cc3)c(-c3ccnc(F)c3)o2)CC1. The second-order valence-electron chi connectivity index (χ2n) is 6.91. The quantitative estimate of drug-likeness (QED) is 0.713. The first kappa shape index (κ1) is 17.8. The predicted molar refractivity (Wildman–Crippen MR) is 95.7 cm³/mol. The number of rotatable bonds is 3. The second-order valence-corrected chi connectivity index (χ2v) is 6.91. The van der Waals surface area contributed by atoms with Gasteiger partial charge < -0.3 is 14.4 Å². The summed E-state index contributed by atoms with van der Waals surface area (Å²) in [7, 11) is 1.99. The van der Waals surface area contributed by atoms with Crippen LogP contribution in [0.2, 0.25) is 0 Å². The molecule has 1 aliphatic rings. The zero-order valence-corrected chi connectivity index (χ0v) is 14.8. The van der Waals surface area contributed by atoms with E-state index in [9.17, 15) is 13.9 Å². The third-order valence-electron chi connectivity index (χ3n) is 4.95. The summed E-state index contributed by atoms with van der Waals surface area (Å²) in [4.78, 5) is 10.2. The number of nitrogens with zero attached hydrogens (tertiary/aromatic N) is 3. The molecule has 0 unspecified atom stereocenters. The van der Waals surface area contributed by atoms with E-state index in [4.69, 9.17) is 4.42 Å². The van der Waals surface area contributed by atoms with Crippen LogP contribution in [0.4, 0.5) is 8.78 Å². The molecular formula is C20H19F2N3O2. The highest BCUT2D eigenvalue weighted by Gasteiger charge is 2.38. The maximum absolute atomic E-state index is 13.6. The van der Waals surface area contributed by atoms with Gasteiger partial charge in [0.1, 0.15) is 17.1 Å². The van der Waals surface area contributed by atoms with Crippen LogP contribution in [0.1, 0.15) is 18.7 Å². The largest absolute Gasteiger partial charge is 0.437 e. The summed E-state index contributed by atoms with van der Waals surface area (Å²) in [6.45, 7) is 1.42. The smallest absolute Gasteiger partial charge is 0.227 e. The van der Waals surface area contributed by atoms with Crippen LogP contribution in [0.5, 0.6) is 0 Å². The van der Waals surface area contributed by atoms with Crippen LogP contribution >= 0.6 is 0 Å². The van der Waals surface area contributed by atoms with Crippen LogP contribution in [-0.4, -0.2) is 40.1 Å². The third kappa shape index (κ3) is 3.48. The number of likely N-dealkylation sites (tertiary alicyclic amines) is 1. The summed E-state index contributed by atoms with van der Waals surface area (Å²) in [5, 5.41) is 11.1. The number of hydrogen-bond acceptors (Lipinski definition) is 5. The van der Waals surface area contributed by atoms with E-state index < -0.39 is 11.5 Å². The molecule has 140 valence electrons. The number of aliphatic hydroxyl groups is 1. The van der Waals surface area contributed by atoms with Gasteiger partial charge in [-0.2, -0.15) is 4.39 Å². The number of halogens is 2. The Kier molecular flexibility index (Phi) is 4.49. The van der Waals surface area contributed by atoms with Gasteiger partial charge in [-0.15, -0.1) is 0 Å². The van der Waals surface area contributed by atoms with Crippen molar-refractivity contribution in [1.82, 2.24) is 14.9 Å². The molecule has 0 amide bonds. The molecule has 0 radical (unpaired) electrons. The van der Waals surface area contributed by atoms with Gasteiger partial charge in [0, 0.05) is 36.5 Å². The van der Waals surface area contributed by atoms with Crippen LogP contribution in [0.3, 0.4) is 0 Å². The van der Waals surface area contributed by atoms with Crippen molar-refractivity contribution in [1.29, 1.82) is 0 Å². The van der Waals surface area contributed by atoms with Gasteiger partial charge in [-0.1, -0.05) is 0 Å². The predicted octanol–water partition coefficient (Wildman–Crippen LogP) is 3.60. The third-order valence-corrected chi connectivity index (χ3v) is 4.95. The topological polar surface area (TPSA) is 62.4 Å². The molecule has 1 N–H and O–H groups in total. The van der Waals surface area contributed by atoms with E-state index in [1.807, 2.05) is 7.05 Å². The Morgan fingerprint density at radius 3 is 2.44 bits per heavy atom. The fraction of sp³-hybridized carbons (Fsp3) is 0.300. The van der Waals surface area contributed by atoms with Gasteiger partial charge in [-0.3, -0.25) is 0 Å². The van der Waals surface area contributed by atoms with Crippen molar-refractivity contribution >= 4 is 0 Å². The molecule has 0 atom stereocenters. The number of benzene rings is 1. The minimum atomic E-state index is -1.19. The van der Waals surface area contributed by atoms with Crippen molar-refractivity contribution in [2.24, 2.45) is 0 Å². The molecule has 0 saturated carbocycles. The Balaban J connectivity index is 1.83. The average molecular weight is 371 g/mol. The molecule has 3 aromatic rings. The number of oxazole rings is 1. The Labute approximate surface area is 155 Å². The van der Waals surface area contributed by atoms with Crippen molar-refractivity contribution in [3.8, 4) is 22.6 Å². The number of aromatic nitrogens is 2. The van der Waals surface area contributed by atoms with Gasteiger partial charge in [0.25, 0.3) is 0 Å². The molecule has 5 nitrogen and oxygen atoms in total. The highest BCUT2D eigenvalue weighted by atomic mass is 19.1. The molecule has 3 heterocycles. The zero-order valence-electron chi connectivity index (χ0n) is 14.8. The molecule has 0 spiro atoms. The Hall–Kier alpha value is -2.64. The molecular weight excluding hydrogens is 352 g/mol. The molecule has 4 rings (SSSR count). The summed E-state index contributed by atoms with van der Waals surface area (Å²) < 4.78 is 32.9. The van der Waals surface area contributed by atoms with Gasteiger partial charge >= 0.3 is 0 Å². The highest BCUT2D eigenvalue weighted by molar-refractivity contribution is 5.76. The molecule has 1 saturated heterocycles. The maximum Gasteiger partial charge on any atom is 0.227 e. The first-order valence-corrected chi connectivity index (χ1v) is 8.75. The van der Waals surface area contributed by atoms with Crippen molar-refractivity contribution in [2.75, 3.05) is 20.1 Å². The Morgan fingerprint density at radius 2 is 1.78 bits per heavy atom. The minimum absolute atomic E-state index is 0.196. The van der Waals surface area contributed by atoms with E-state index in [1.165, 1.54) is 24.4 Å². The van der Waals surface area contributed by atoms with E-state index in [-0.39, 0.29) is 11.7 Å². The standard InChI is InChI=1S/C20H19F2N3O2/c1-25-10-7-20(26,8-11-25)19-24-17(13-2-4-15(21)5-3-13)18(27-19)14-6-9-23-16(22)12-14/h2-6,9,12,26H,7-8,10-11H2,1H3. The minimum Gasteiger partial charge on any atom is -0.437 e. The summed E-state index contributed by atoms with van der Waals surface area (Å²) in [5.41, 5.74) is 0.320. The van der Waals surface area contributed by atoms with E-state index >= 15 is 0 Å². The Morgan fingerprint density at radius 1 is 1.07 bits per heavy atom. The van der Waals surface area contributed by atoms with E-state index in [0.717, 1.165) is 0 Å². The lowest BCUT2D eigenvalue weighted by molar-refractivity contribution is -0.0410. The normalized spacial score (nSPS) is 17.2.